The largest absolute Gasteiger partial charge is 0.409 e. The van der Waals surface area contributed by atoms with Gasteiger partial charge in [0, 0.05) is 21.5 Å². The molecule has 2 rings (SSSR count). The first-order valence-electron chi connectivity index (χ1n) is 4.97. The van der Waals surface area contributed by atoms with Crippen LogP contribution in [0.15, 0.2) is 38.0 Å². The molecule has 0 fully saturated rings. The molecule has 94 valence electrons. The number of oxime groups is 1. The van der Waals surface area contributed by atoms with Crippen molar-refractivity contribution in [1.29, 1.82) is 0 Å². The van der Waals surface area contributed by atoms with Crippen LogP contribution in [0.1, 0.15) is 11.3 Å². The molecule has 0 radical (unpaired) electrons. The highest BCUT2D eigenvalue weighted by Gasteiger charge is 2.11. The van der Waals surface area contributed by atoms with E-state index in [-0.39, 0.29) is 5.84 Å². The summed E-state index contributed by atoms with van der Waals surface area (Å²) in [6.45, 7) is 1.90. The first-order valence-corrected chi connectivity index (χ1v) is 6.67. The van der Waals surface area contributed by atoms with Crippen LogP contribution < -0.4 is 5.73 Å². The Morgan fingerprint density at radius 2 is 2.33 bits per heavy atom. The zero-order chi connectivity index (χ0) is 13.1. The van der Waals surface area contributed by atoms with E-state index in [4.69, 9.17) is 10.9 Å². The van der Waals surface area contributed by atoms with E-state index in [1.165, 1.54) is 35.2 Å². The number of halogens is 1. The second-order valence-corrected chi connectivity index (χ2v) is 5.63. The number of hydrogen-bond donors (Lipinski definition) is 2. The van der Waals surface area contributed by atoms with Crippen molar-refractivity contribution in [3.8, 4) is 0 Å². The van der Waals surface area contributed by atoms with Crippen LogP contribution in [0.25, 0.3) is 0 Å². The van der Waals surface area contributed by atoms with E-state index in [1.807, 2.05) is 12.3 Å². The minimum atomic E-state index is -0.434. The quantitative estimate of drug-likeness (QED) is 0.393. The van der Waals surface area contributed by atoms with Gasteiger partial charge < -0.3 is 10.9 Å². The molecule has 4 nitrogen and oxygen atoms in total. The molecule has 0 saturated heterocycles. The van der Waals surface area contributed by atoms with Gasteiger partial charge >= 0.3 is 0 Å². The number of aryl methyl sites for hydroxylation is 1. The lowest BCUT2D eigenvalue weighted by Crippen LogP contribution is -2.14. The first kappa shape index (κ1) is 12.8. The third-order valence-corrected chi connectivity index (χ3v) is 4.25. The van der Waals surface area contributed by atoms with Crippen molar-refractivity contribution in [2.24, 2.45) is 10.9 Å². The average Bonchev–Trinajstić information content (AvgIpc) is 2.76. The molecule has 0 aliphatic carbocycles. The van der Waals surface area contributed by atoms with Crippen molar-refractivity contribution in [2.45, 2.75) is 16.2 Å². The molecule has 2 aromatic rings. The van der Waals surface area contributed by atoms with Gasteiger partial charge in [0.05, 0.1) is 0 Å². The van der Waals surface area contributed by atoms with Crippen LogP contribution in [0.2, 0.25) is 0 Å². The van der Waals surface area contributed by atoms with Crippen molar-refractivity contribution < 1.29 is 9.60 Å². The number of hydrogen-bond acceptors (Lipinski definition) is 5. The number of thiazole rings is 1. The molecule has 18 heavy (non-hydrogen) atoms. The summed E-state index contributed by atoms with van der Waals surface area (Å²) in [6.07, 6.45) is 0. The number of aromatic nitrogens is 1. The van der Waals surface area contributed by atoms with Gasteiger partial charge in [0.25, 0.3) is 0 Å². The van der Waals surface area contributed by atoms with E-state index in [0.717, 1.165) is 10.0 Å². The van der Waals surface area contributed by atoms with Crippen LogP contribution >= 0.6 is 23.1 Å². The molecule has 0 atom stereocenters. The summed E-state index contributed by atoms with van der Waals surface area (Å²) in [4.78, 5) is 4.99. The highest BCUT2D eigenvalue weighted by atomic mass is 32.2. The van der Waals surface area contributed by atoms with E-state index in [2.05, 4.69) is 10.1 Å². The van der Waals surface area contributed by atoms with Crippen LogP contribution in [0, 0.1) is 12.7 Å². The predicted octanol–water partition coefficient (Wildman–Crippen LogP) is 2.84. The van der Waals surface area contributed by atoms with Gasteiger partial charge in [-0.2, -0.15) is 0 Å². The zero-order valence-corrected chi connectivity index (χ0v) is 11.1. The van der Waals surface area contributed by atoms with Crippen molar-refractivity contribution in [3.63, 3.8) is 0 Å². The Morgan fingerprint density at radius 1 is 1.56 bits per heavy atom. The van der Waals surface area contributed by atoms with Crippen LogP contribution in [0.3, 0.4) is 0 Å². The minimum absolute atomic E-state index is 0.120. The van der Waals surface area contributed by atoms with Gasteiger partial charge in [-0.05, 0) is 25.1 Å². The van der Waals surface area contributed by atoms with Crippen molar-refractivity contribution in [2.75, 3.05) is 0 Å². The molecule has 3 N–H and O–H groups in total. The van der Waals surface area contributed by atoms with Gasteiger partial charge in [-0.3, -0.25) is 0 Å². The van der Waals surface area contributed by atoms with Gasteiger partial charge in [-0.1, -0.05) is 16.9 Å². The first-order chi connectivity index (χ1) is 8.60. The summed E-state index contributed by atoms with van der Waals surface area (Å²) in [7, 11) is 0. The van der Waals surface area contributed by atoms with E-state index in [1.54, 1.807) is 6.07 Å². The molecule has 1 aromatic carbocycles. The number of nitrogens with two attached hydrogens (primary N) is 1. The number of amidine groups is 1. The fraction of sp³-hybridized carbons (Fsp3) is 0.0909. The molecule has 0 amide bonds. The Balaban J connectivity index is 2.38. The molecule has 1 heterocycles. The van der Waals surface area contributed by atoms with Gasteiger partial charge in [0.2, 0.25) is 0 Å². The maximum atomic E-state index is 13.2. The van der Waals surface area contributed by atoms with Gasteiger partial charge in [-0.25, -0.2) is 9.37 Å². The third-order valence-electron chi connectivity index (χ3n) is 2.12. The van der Waals surface area contributed by atoms with Gasteiger partial charge in [-0.15, -0.1) is 11.3 Å². The van der Waals surface area contributed by atoms with E-state index < -0.39 is 5.82 Å². The van der Waals surface area contributed by atoms with Crippen molar-refractivity contribution >= 4 is 28.9 Å². The second kappa shape index (κ2) is 5.36. The molecule has 0 aliphatic heterocycles. The smallest absolute Gasteiger partial charge is 0.171 e. The third kappa shape index (κ3) is 2.80. The zero-order valence-electron chi connectivity index (χ0n) is 9.42. The lowest BCUT2D eigenvalue weighted by atomic mass is 10.2. The summed E-state index contributed by atoms with van der Waals surface area (Å²) in [5.74, 6) is -0.554. The molecule has 0 bridgehead atoms. The summed E-state index contributed by atoms with van der Waals surface area (Å²) in [5.41, 5.74) is 6.81. The standard InChI is InChI=1S/C11H10FN3OS2/c1-6-5-17-11(14-6)18-9-3-2-7(12)4-8(9)10(13)15-16/h2-5,16H,1H3,(H2,13,15). The minimum Gasteiger partial charge on any atom is -0.409 e. The highest BCUT2D eigenvalue weighted by molar-refractivity contribution is 8.01. The lowest BCUT2D eigenvalue weighted by molar-refractivity contribution is 0.318. The van der Waals surface area contributed by atoms with Gasteiger partial charge in [0.15, 0.2) is 10.2 Å². The Labute approximate surface area is 111 Å². The fourth-order valence-electron chi connectivity index (χ4n) is 1.32. The monoisotopic (exact) mass is 283 g/mol. The van der Waals surface area contributed by atoms with E-state index >= 15 is 0 Å². The Kier molecular flexibility index (Phi) is 3.83. The number of benzene rings is 1. The maximum Gasteiger partial charge on any atom is 0.171 e. The maximum absolute atomic E-state index is 13.2. The fourth-order valence-corrected chi connectivity index (χ4v) is 3.23. The van der Waals surface area contributed by atoms with Crippen LogP contribution in [-0.4, -0.2) is 16.0 Å². The molecule has 0 unspecified atom stereocenters. The van der Waals surface area contributed by atoms with E-state index in [0.29, 0.717) is 10.5 Å². The normalized spacial score (nSPS) is 11.8. The predicted molar refractivity (Wildman–Crippen MR) is 69.9 cm³/mol. The number of rotatable bonds is 3. The van der Waals surface area contributed by atoms with Gasteiger partial charge in [0.1, 0.15) is 5.82 Å². The molecule has 1 aromatic heterocycles. The van der Waals surface area contributed by atoms with Crippen LogP contribution in [0.5, 0.6) is 0 Å². The SMILES string of the molecule is Cc1csc(Sc2ccc(F)cc2C(N)=NO)n1. The molecule has 0 spiro atoms. The molecule has 0 saturated carbocycles. The highest BCUT2D eigenvalue weighted by Crippen LogP contribution is 2.32. The lowest BCUT2D eigenvalue weighted by Gasteiger charge is -2.06. The Hall–Kier alpha value is -1.60. The Morgan fingerprint density at radius 3 is 2.94 bits per heavy atom. The molecule has 7 heteroatoms. The summed E-state index contributed by atoms with van der Waals surface area (Å²) < 4.78 is 14.0. The van der Waals surface area contributed by atoms with Crippen LogP contribution in [0.4, 0.5) is 4.39 Å². The average molecular weight is 283 g/mol. The Bertz CT molecular complexity index is 598. The van der Waals surface area contributed by atoms with Crippen LogP contribution in [-0.2, 0) is 0 Å². The topological polar surface area (TPSA) is 71.5 Å². The molecule has 0 aliphatic rings. The number of nitrogens with zero attached hydrogens (tertiary/aromatic N) is 2. The summed E-state index contributed by atoms with van der Waals surface area (Å²) >= 11 is 2.85. The summed E-state index contributed by atoms with van der Waals surface area (Å²) in [6, 6.07) is 4.15. The van der Waals surface area contributed by atoms with Crippen molar-refractivity contribution in [3.05, 3.63) is 40.7 Å². The van der Waals surface area contributed by atoms with E-state index in [9.17, 15) is 4.39 Å². The molecular weight excluding hydrogens is 273 g/mol. The second-order valence-electron chi connectivity index (χ2n) is 3.48. The molecular formula is C11H10FN3OS2. The summed E-state index contributed by atoms with van der Waals surface area (Å²) in [5, 5.41) is 13.5. The van der Waals surface area contributed by atoms with Crippen molar-refractivity contribution in [1.82, 2.24) is 4.98 Å².